The Kier molecular flexibility index (Phi) is 4.82. The van der Waals surface area contributed by atoms with Crippen molar-refractivity contribution in [3.63, 3.8) is 0 Å². The maximum absolute atomic E-state index is 11.8. The number of aromatic nitrogens is 2. The fourth-order valence-electron chi connectivity index (χ4n) is 2.43. The van der Waals surface area contributed by atoms with Crippen molar-refractivity contribution in [1.82, 2.24) is 9.55 Å². The second kappa shape index (κ2) is 6.41. The van der Waals surface area contributed by atoms with E-state index in [2.05, 4.69) is 10.3 Å². The summed E-state index contributed by atoms with van der Waals surface area (Å²) in [5, 5.41) is 12.3. The lowest BCUT2D eigenvalue weighted by atomic mass is 10.1. The molecule has 0 amide bonds. The van der Waals surface area contributed by atoms with Crippen molar-refractivity contribution in [2.45, 2.75) is 25.0 Å². The molecule has 1 saturated carbocycles. The molecule has 0 radical (unpaired) electrons. The van der Waals surface area contributed by atoms with Crippen LogP contribution in [-0.4, -0.2) is 38.3 Å². The van der Waals surface area contributed by atoms with Crippen LogP contribution in [0.4, 0.5) is 5.82 Å². The maximum atomic E-state index is 11.8. The molecule has 0 saturated heterocycles. The van der Waals surface area contributed by atoms with E-state index in [1.54, 1.807) is 13.2 Å². The van der Waals surface area contributed by atoms with E-state index >= 15 is 0 Å². The molecule has 1 aromatic rings. The summed E-state index contributed by atoms with van der Waals surface area (Å²) in [5.74, 6) is -0.00288. The number of aliphatic hydroxyl groups is 1. The molecule has 1 unspecified atom stereocenters. The van der Waals surface area contributed by atoms with Gasteiger partial charge in [-0.25, -0.2) is 4.98 Å². The summed E-state index contributed by atoms with van der Waals surface area (Å²) in [6.07, 6.45) is 3.55. The lowest BCUT2D eigenvalue weighted by Crippen LogP contribution is -2.27. The van der Waals surface area contributed by atoms with E-state index in [1.807, 2.05) is 0 Å². The summed E-state index contributed by atoms with van der Waals surface area (Å²) in [5.41, 5.74) is -0.245. The summed E-state index contributed by atoms with van der Waals surface area (Å²) in [6, 6.07) is -0.130. The molecule has 1 aliphatic rings. The molecule has 1 aliphatic carbocycles. The van der Waals surface area contributed by atoms with Crippen molar-refractivity contribution in [2.75, 3.05) is 11.9 Å². The standard InChI is InChI=1S/C11H16N3O5P/c1-14-3-2-12-10(11(14)16)13-8-4-7(6-15)9(5-8)19-20(17)18/h2-3,7-9,15H,4-6H2,1H3,(H-,12,13,17,18)/p+1/t7-,8-,9+/m1/s1. The molecule has 0 spiro atoms. The van der Waals surface area contributed by atoms with Gasteiger partial charge in [0.1, 0.15) is 6.10 Å². The van der Waals surface area contributed by atoms with E-state index in [4.69, 9.17) is 9.42 Å². The zero-order chi connectivity index (χ0) is 14.7. The molecule has 1 heterocycles. The summed E-state index contributed by atoms with van der Waals surface area (Å²) < 4.78 is 17.0. The van der Waals surface area contributed by atoms with Crippen LogP contribution in [0.25, 0.3) is 0 Å². The number of aliphatic hydroxyl groups excluding tert-OH is 1. The first-order valence-electron chi connectivity index (χ1n) is 6.23. The van der Waals surface area contributed by atoms with E-state index in [-0.39, 0.29) is 29.9 Å². The zero-order valence-electron chi connectivity index (χ0n) is 11.0. The van der Waals surface area contributed by atoms with Gasteiger partial charge in [-0.1, -0.05) is 0 Å². The van der Waals surface area contributed by atoms with E-state index in [0.717, 1.165) is 0 Å². The number of nitrogens with zero attached hydrogens (tertiary/aromatic N) is 2. The molecule has 110 valence electrons. The SMILES string of the molecule is Cn1ccnc(N[C@@H]2C[C@H](CO)[C@@H](O[P+](=O)O)C2)c1=O. The van der Waals surface area contributed by atoms with Gasteiger partial charge in [-0.2, -0.15) is 0 Å². The summed E-state index contributed by atoms with van der Waals surface area (Å²) in [7, 11) is -1.08. The van der Waals surface area contributed by atoms with Gasteiger partial charge in [-0.15, -0.1) is 9.42 Å². The van der Waals surface area contributed by atoms with E-state index < -0.39 is 14.4 Å². The van der Waals surface area contributed by atoms with Crippen LogP contribution in [0.15, 0.2) is 17.2 Å². The Bertz CT molecular complexity index is 549. The number of hydrogen-bond donors (Lipinski definition) is 3. The second-order valence-electron chi connectivity index (χ2n) is 4.83. The molecule has 1 aromatic heterocycles. The third-order valence-corrected chi connectivity index (χ3v) is 3.90. The zero-order valence-corrected chi connectivity index (χ0v) is 11.9. The number of nitrogens with one attached hydrogen (secondary N) is 1. The number of rotatable bonds is 5. The Morgan fingerprint density at radius 3 is 3.00 bits per heavy atom. The highest BCUT2D eigenvalue weighted by Crippen LogP contribution is 2.35. The monoisotopic (exact) mass is 302 g/mol. The molecule has 3 N–H and O–H groups in total. The highest BCUT2D eigenvalue weighted by atomic mass is 31.1. The van der Waals surface area contributed by atoms with Crippen molar-refractivity contribution in [1.29, 1.82) is 0 Å². The Hall–Kier alpha value is -1.34. The molecule has 8 nitrogen and oxygen atoms in total. The van der Waals surface area contributed by atoms with Crippen LogP contribution in [0.3, 0.4) is 0 Å². The normalized spacial score (nSPS) is 26.6. The molecule has 20 heavy (non-hydrogen) atoms. The van der Waals surface area contributed by atoms with Gasteiger partial charge in [0.2, 0.25) is 0 Å². The summed E-state index contributed by atoms with van der Waals surface area (Å²) in [4.78, 5) is 24.6. The van der Waals surface area contributed by atoms with Crippen LogP contribution in [0.2, 0.25) is 0 Å². The predicted molar refractivity (Wildman–Crippen MR) is 71.4 cm³/mol. The van der Waals surface area contributed by atoms with Crippen molar-refractivity contribution in [3.05, 3.63) is 22.7 Å². The maximum Gasteiger partial charge on any atom is 0.695 e. The molecular weight excluding hydrogens is 285 g/mol. The number of hydrogen-bond acceptors (Lipinski definition) is 6. The Morgan fingerprint density at radius 2 is 2.35 bits per heavy atom. The first-order chi connectivity index (χ1) is 9.51. The smallest absolute Gasteiger partial charge is 0.396 e. The Morgan fingerprint density at radius 1 is 1.60 bits per heavy atom. The van der Waals surface area contributed by atoms with Crippen LogP contribution in [0, 0.1) is 5.92 Å². The van der Waals surface area contributed by atoms with E-state index in [0.29, 0.717) is 12.8 Å². The van der Waals surface area contributed by atoms with Crippen molar-refractivity contribution in [3.8, 4) is 0 Å². The van der Waals surface area contributed by atoms with Gasteiger partial charge in [0.15, 0.2) is 5.82 Å². The van der Waals surface area contributed by atoms with Gasteiger partial charge < -0.3 is 15.0 Å². The molecule has 9 heteroatoms. The van der Waals surface area contributed by atoms with Gasteiger partial charge in [0.25, 0.3) is 5.56 Å². The first-order valence-corrected chi connectivity index (χ1v) is 7.36. The fraction of sp³-hybridized carbons (Fsp3) is 0.636. The molecule has 0 bridgehead atoms. The third kappa shape index (κ3) is 3.40. The molecule has 0 aliphatic heterocycles. The van der Waals surface area contributed by atoms with Gasteiger partial charge in [0.05, 0.1) is 0 Å². The van der Waals surface area contributed by atoms with Crippen LogP contribution >= 0.6 is 8.25 Å². The second-order valence-corrected chi connectivity index (χ2v) is 5.52. The minimum atomic E-state index is -2.70. The molecule has 1 fully saturated rings. The minimum absolute atomic E-state index is 0.130. The van der Waals surface area contributed by atoms with Crippen LogP contribution < -0.4 is 10.9 Å². The minimum Gasteiger partial charge on any atom is -0.396 e. The van der Waals surface area contributed by atoms with Crippen molar-refractivity contribution >= 4 is 14.1 Å². The lowest BCUT2D eigenvalue weighted by Gasteiger charge is -2.12. The first kappa shape index (κ1) is 15.1. The van der Waals surface area contributed by atoms with Gasteiger partial charge in [0, 0.05) is 42.6 Å². The molecular formula is C11H17N3O5P+. The largest absolute Gasteiger partial charge is 0.695 e. The third-order valence-electron chi connectivity index (χ3n) is 3.45. The molecule has 4 atom stereocenters. The average Bonchev–Trinajstić information content (AvgIpc) is 2.76. The lowest BCUT2D eigenvalue weighted by molar-refractivity contribution is 0.106. The van der Waals surface area contributed by atoms with Crippen LogP contribution in [0.5, 0.6) is 0 Å². The highest BCUT2D eigenvalue weighted by Gasteiger charge is 2.40. The van der Waals surface area contributed by atoms with E-state index in [9.17, 15) is 14.5 Å². The topological polar surface area (TPSA) is 114 Å². The number of aryl methyl sites for hydroxylation is 1. The predicted octanol–water partition coefficient (Wildman–Crippen LogP) is -0.00200. The molecule has 0 aromatic carbocycles. The van der Waals surface area contributed by atoms with Gasteiger partial charge in [-0.3, -0.25) is 4.79 Å². The van der Waals surface area contributed by atoms with Crippen molar-refractivity contribution < 1.29 is 19.1 Å². The van der Waals surface area contributed by atoms with Crippen molar-refractivity contribution in [2.24, 2.45) is 13.0 Å². The highest BCUT2D eigenvalue weighted by molar-refractivity contribution is 7.32. The Labute approximate surface area is 116 Å². The molecule has 2 rings (SSSR count). The summed E-state index contributed by atoms with van der Waals surface area (Å²) in [6.45, 7) is -0.133. The average molecular weight is 302 g/mol. The van der Waals surface area contributed by atoms with Crippen LogP contribution in [-0.2, 0) is 16.1 Å². The fourth-order valence-corrected chi connectivity index (χ4v) is 2.92. The van der Waals surface area contributed by atoms with Gasteiger partial charge >= 0.3 is 8.25 Å². The quantitative estimate of drug-likeness (QED) is 0.656. The Balaban J connectivity index is 2.06. The van der Waals surface area contributed by atoms with E-state index in [1.165, 1.54) is 10.8 Å². The number of anilines is 1. The summed E-state index contributed by atoms with van der Waals surface area (Å²) >= 11 is 0. The van der Waals surface area contributed by atoms with Crippen LogP contribution in [0.1, 0.15) is 12.8 Å². The van der Waals surface area contributed by atoms with Gasteiger partial charge in [-0.05, 0) is 12.8 Å².